The molecular formula is C21H33N3O4S. The van der Waals surface area contributed by atoms with Gasteiger partial charge in [0.15, 0.2) is 0 Å². The molecular weight excluding hydrogens is 390 g/mol. The van der Waals surface area contributed by atoms with Gasteiger partial charge in [0.05, 0.1) is 10.8 Å². The second-order valence-corrected chi connectivity index (χ2v) is 11.2. The summed E-state index contributed by atoms with van der Waals surface area (Å²) >= 11 is 0. The number of anilines is 1. The van der Waals surface area contributed by atoms with E-state index in [1.165, 1.54) is 20.2 Å². The van der Waals surface area contributed by atoms with E-state index in [1.54, 1.807) is 11.0 Å². The van der Waals surface area contributed by atoms with E-state index >= 15 is 0 Å². The van der Waals surface area contributed by atoms with Crippen LogP contribution in [0.4, 0.5) is 5.69 Å². The van der Waals surface area contributed by atoms with Crippen LogP contribution in [-0.2, 0) is 19.6 Å². The molecule has 0 saturated carbocycles. The Bertz CT molecular complexity index is 901. The molecule has 1 aliphatic rings. The van der Waals surface area contributed by atoms with Crippen molar-refractivity contribution >= 4 is 27.5 Å². The van der Waals surface area contributed by atoms with Crippen LogP contribution in [0, 0.1) is 25.2 Å². The van der Waals surface area contributed by atoms with Gasteiger partial charge in [-0.25, -0.2) is 12.7 Å². The van der Waals surface area contributed by atoms with Gasteiger partial charge in [0.2, 0.25) is 21.8 Å². The van der Waals surface area contributed by atoms with E-state index in [4.69, 9.17) is 0 Å². The molecule has 1 aliphatic heterocycles. The predicted octanol–water partition coefficient (Wildman–Crippen LogP) is 2.78. The molecule has 1 unspecified atom stereocenters. The highest BCUT2D eigenvalue weighted by Crippen LogP contribution is 2.28. The molecule has 0 spiro atoms. The fourth-order valence-corrected chi connectivity index (χ4v) is 4.41. The molecule has 1 fully saturated rings. The van der Waals surface area contributed by atoms with Crippen LogP contribution in [0.2, 0.25) is 0 Å². The Morgan fingerprint density at radius 2 is 1.79 bits per heavy atom. The zero-order valence-corrected chi connectivity index (χ0v) is 19.3. The van der Waals surface area contributed by atoms with Crippen LogP contribution in [0.1, 0.15) is 44.7 Å². The minimum Gasteiger partial charge on any atom is -0.341 e. The Morgan fingerprint density at radius 1 is 1.17 bits per heavy atom. The summed E-state index contributed by atoms with van der Waals surface area (Å²) < 4.78 is 26.2. The van der Waals surface area contributed by atoms with Gasteiger partial charge in [0.1, 0.15) is 0 Å². The molecule has 0 aromatic heterocycles. The van der Waals surface area contributed by atoms with E-state index in [9.17, 15) is 18.0 Å². The first-order valence-electron chi connectivity index (χ1n) is 9.89. The second kappa shape index (κ2) is 8.44. The number of carbonyl (C=O) groups excluding carboxylic acids is 2. The number of benzene rings is 1. The average Bonchev–Trinajstić information content (AvgIpc) is 2.63. The maximum absolute atomic E-state index is 12.9. The summed E-state index contributed by atoms with van der Waals surface area (Å²) in [6, 6.07) is 3.13. The van der Waals surface area contributed by atoms with Gasteiger partial charge in [-0.1, -0.05) is 20.8 Å². The number of carbonyl (C=O) groups is 2. The molecule has 8 heteroatoms. The van der Waals surface area contributed by atoms with Gasteiger partial charge in [-0.05, 0) is 49.9 Å². The van der Waals surface area contributed by atoms with Crippen molar-refractivity contribution in [1.29, 1.82) is 0 Å². The lowest BCUT2D eigenvalue weighted by Gasteiger charge is -2.36. The summed E-state index contributed by atoms with van der Waals surface area (Å²) in [5, 5.41) is 2.91. The number of nitrogens with one attached hydrogen (secondary N) is 1. The Kier molecular flexibility index (Phi) is 6.79. The SMILES string of the molecule is Cc1cc(S(=O)(=O)N(C)C)cc(NC(=O)C2CCCN(C(=O)C(C)(C)C)C2)c1C. The molecule has 1 saturated heterocycles. The number of rotatable bonds is 4. The molecule has 0 aliphatic carbocycles. The Hall–Kier alpha value is -1.93. The van der Waals surface area contributed by atoms with Crippen LogP contribution in [0.3, 0.4) is 0 Å². The summed E-state index contributed by atoms with van der Waals surface area (Å²) in [6.45, 7) is 10.4. The van der Waals surface area contributed by atoms with Gasteiger partial charge in [-0.3, -0.25) is 9.59 Å². The number of piperidine rings is 1. The molecule has 1 N–H and O–H groups in total. The van der Waals surface area contributed by atoms with Crippen molar-refractivity contribution in [2.75, 3.05) is 32.5 Å². The number of aryl methyl sites for hydroxylation is 1. The standard InChI is InChI=1S/C21H33N3O4S/c1-14-11-17(29(27,28)23(6)7)12-18(15(14)2)22-19(25)16-9-8-10-24(13-16)20(26)21(3,4)5/h11-12,16H,8-10,13H2,1-7H3,(H,22,25). The normalized spacial score (nSPS) is 18.1. The minimum atomic E-state index is -3.61. The zero-order valence-electron chi connectivity index (χ0n) is 18.5. The van der Waals surface area contributed by atoms with E-state index in [0.717, 1.165) is 21.9 Å². The van der Waals surface area contributed by atoms with Crippen LogP contribution < -0.4 is 5.32 Å². The van der Waals surface area contributed by atoms with E-state index < -0.39 is 15.4 Å². The van der Waals surface area contributed by atoms with E-state index in [-0.39, 0.29) is 22.6 Å². The summed E-state index contributed by atoms with van der Waals surface area (Å²) in [5.74, 6) is -0.455. The summed E-state index contributed by atoms with van der Waals surface area (Å²) in [6.07, 6.45) is 1.47. The molecule has 2 amide bonds. The second-order valence-electron chi connectivity index (χ2n) is 9.03. The Balaban J connectivity index is 2.24. The molecule has 1 heterocycles. The van der Waals surface area contributed by atoms with Crippen LogP contribution >= 0.6 is 0 Å². The molecule has 1 aromatic carbocycles. The van der Waals surface area contributed by atoms with Gasteiger partial charge >= 0.3 is 0 Å². The van der Waals surface area contributed by atoms with Crippen LogP contribution in [0.15, 0.2) is 17.0 Å². The Labute approximate surface area is 174 Å². The lowest BCUT2D eigenvalue weighted by Crippen LogP contribution is -2.47. The van der Waals surface area contributed by atoms with E-state index in [0.29, 0.717) is 25.2 Å². The number of hydrogen-bond acceptors (Lipinski definition) is 4. The maximum Gasteiger partial charge on any atom is 0.242 e. The highest BCUT2D eigenvalue weighted by Gasteiger charge is 2.33. The van der Waals surface area contributed by atoms with Crippen LogP contribution in [-0.4, -0.2) is 56.6 Å². The molecule has 1 aromatic rings. The Morgan fingerprint density at radius 3 is 2.34 bits per heavy atom. The van der Waals surface area contributed by atoms with Crippen molar-refractivity contribution in [3.63, 3.8) is 0 Å². The van der Waals surface area contributed by atoms with Gasteiger partial charge in [-0.15, -0.1) is 0 Å². The first kappa shape index (κ1) is 23.3. The van der Waals surface area contributed by atoms with E-state index in [1.807, 2.05) is 34.6 Å². The largest absolute Gasteiger partial charge is 0.341 e. The number of nitrogens with zero attached hydrogens (tertiary/aromatic N) is 2. The van der Waals surface area contributed by atoms with Crippen molar-refractivity contribution < 1.29 is 18.0 Å². The minimum absolute atomic E-state index is 0.0427. The van der Waals surface area contributed by atoms with Crippen molar-refractivity contribution in [2.45, 2.75) is 52.4 Å². The molecule has 0 bridgehead atoms. The first-order valence-corrected chi connectivity index (χ1v) is 11.3. The van der Waals surface area contributed by atoms with Gasteiger partial charge in [0, 0.05) is 38.3 Å². The predicted molar refractivity (Wildman–Crippen MR) is 114 cm³/mol. The first-order chi connectivity index (χ1) is 13.2. The molecule has 0 radical (unpaired) electrons. The molecule has 2 rings (SSSR count). The van der Waals surface area contributed by atoms with Crippen LogP contribution in [0.5, 0.6) is 0 Å². The topological polar surface area (TPSA) is 86.8 Å². The van der Waals surface area contributed by atoms with Crippen molar-refractivity contribution in [2.24, 2.45) is 11.3 Å². The zero-order chi connectivity index (χ0) is 22.1. The maximum atomic E-state index is 12.9. The van der Waals surface area contributed by atoms with Crippen molar-refractivity contribution in [1.82, 2.24) is 9.21 Å². The number of likely N-dealkylation sites (tertiary alicyclic amines) is 1. The fourth-order valence-electron chi connectivity index (χ4n) is 3.40. The van der Waals surface area contributed by atoms with Gasteiger partial charge in [-0.2, -0.15) is 0 Å². The summed E-state index contributed by atoms with van der Waals surface area (Å²) in [7, 11) is -0.651. The fraction of sp³-hybridized carbons (Fsp3) is 0.619. The summed E-state index contributed by atoms with van der Waals surface area (Å²) in [4.78, 5) is 27.4. The molecule has 29 heavy (non-hydrogen) atoms. The van der Waals surface area contributed by atoms with Gasteiger partial charge < -0.3 is 10.2 Å². The van der Waals surface area contributed by atoms with Crippen LogP contribution in [0.25, 0.3) is 0 Å². The number of hydrogen-bond donors (Lipinski definition) is 1. The lowest BCUT2D eigenvalue weighted by atomic mass is 9.91. The van der Waals surface area contributed by atoms with Gasteiger partial charge in [0.25, 0.3) is 0 Å². The number of sulfonamides is 1. The third-order valence-corrected chi connectivity index (χ3v) is 7.19. The molecule has 7 nitrogen and oxygen atoms in total. The monoisotopic (exact) mass is 423 g/mol. The van der Waals surface area contributed by atoms with E-state index in [2.05, 4.69) is 5.32 Å². The van der Waals surface area contributed by atoms with Crippen molar-refractivity contribution in [3.05, 3.63) is 23.3 Å². The third-order valence-electron chi connectivity index (χ3n) is 5.40. The van der Waals surface area contributed by atoms with Crippen molar-refractivity contribution in [3.8, 4) is 0 Å². The average molecular weight is 424 g/mol. The molecule has 162 valence electrons. The highest BCUT2D eigenvalue weighted by atomic mass is 32.2. The summed E-state index contributed by atoms with van der Waals surface area (Å²) in [5.41, 5.74) is 1.63. The highest BCUT2D eigenvalue weighted by molar-refractivity contribution is 7.89. The third kappa shape index (κ3) is 5.17. The number of amides is 2. The smallest absolute Gasteiger partial charge is 0.242 e. The lowest BCUT2D eigenvalue weighted by molar-refractivity contribution is -0.142. The molecule has 1 atom stereocenters. The quantitative estimate of drug-likeness (QED) is 0.807.